The van der Waals surface area contributed by atoms with Crippen molar-refractivity contribution in [2.45, 2.75) is 25.9 Å². The minimum absolute atomic E-state index is 0.0568. The summed E-state index contributed by atoms with van der Waals surface area (Å²) in [6, 6.07) is 3.79. The minimum Gasteiger partial charge on any atom is -0.321 e. The van der Waals surface area contributed by atoms with Crippen LogP contribution in [-0.2, 0) is 12.6 Å². The van der Waals surface area contributed by atoms with Crippen molar-refractivity contribution in [1.29, 1.82) is 0 Å². The van der Waals surface area contributed by atoms with Crippen molar-refractivity contribution < 1.29 is 22.4 Å². The molecule has 4 nitrogen and oxygen atoms in total. The number of H-pyrrole nitrogens is 1. The zero-order valence-electron chi connectivity index (χ0n) is 11.6. The average molecular weight is 315 g/mol. The summed E-state index contributed by atoms with van der Waals surface area (Å²) < 4.78 is 51.0. The van der Waals surface area contributed by atoms with Gasteiger partial charge in [-0.3, -0.25) is 9.89 Å². The van der Waals surface area contributed by atoms with Crippen molar-refractivity contribution >= 4 is 11.6 Å². The van der Waals surface area contributed by atoms with Crippen LogP contribution >= 0.6 is 0 Å². The van der Waals surface area contributed by atoms with E-state index in [1.165, 1.54) is 6.07 Å². The zero-order chi connectivity index (χ0) is 16.3. The number of aromatic amines is 1. The van der Waals surface area contributed by atoms with Crippen LogP contribution in [-0.4, -0.2) is 16.1 Å². The molecule has 0 fully saturated rings. The van der Waals surface area contributed by atoms with Gasteiger partial charge >= 0.3 is 6.18 Å². The van der Waals surface area contributed by atoms with Crippen LogP contribution in [0.25, 0.3) is 0 Å². The van der Waals surface area contributed by atoms with E-state index in [2.05, 4.69) is 15.5 Å². The Balaban J connectivity index is 2.17. The quantitative estimate of drug-likeness (QED) is 0.844. The molecule has 8 heteroatoms. The third-order valence-corrected chi connectivity index (χ3v) is 2.91. The number of amides is 1. The van der Waals surface area contributed by atoms with E-state index in [4.69, 9.17) is 0 Å². The number of aryl methyl sites for hydroxylation is 1. The Morgan fingerprint density at radius 3 is 2.68 bits per heavy atom. The molecule has 0 aliphatic heterocycles. The van der Waals surface area contributed by atoms with Gasteiger partial charge in [0, 0.05) is 11.4 Å². The molecular formula is C14H13F4N3O. The Morgan fingerprint density at radius 1 is 1.32 bits per heavy atom. The first kappa shape index (κ1) is 16.0. The Kier molecular flexibility index (Phi) is 4.48. The zero-order valence-corrected chi connectivity index (χ0v) is 11.6. The fourth-order valence-electron chi connectivity index (χ4n) is 1.89. The van der Waals surface area contributed by atoms with Gasteiger partial charge in [-0.1, -0.05) is 13.3 Å². The Bertz CT molecular complexity index is 679. The number of anilines is 1. The van der Waals surface area contributed by atoms with Crippen molar-refractivity contribution in [3.63, 3.8) is 0 Å². The monoisotopic (exact) mass is 315 g/mol. The smallest absolute Gasteiger partial charge is 0.321 e. The van der Waals surface area contributed by atoms with Gasteiger partial charge in [-0.05, 0) is 30.7 Å². The molecule has 0 unspecified atom stereocenters. The van der Waals surface area contributed by atoms with Gasteiger partial charge in [0.15, 0.2) is 5.69 Å². The van der Waals surface area contributed by atoms with Crippen molar-refractivity contribution in [3.05, 3.63) is 47.0 Å². The maximum Gasteiger partial charge on any atom is 0.419 e. The molecule has 0 aliphatic rings. The number of nitrogens with zero attached hydrogens (tertiary/aromatic N) is 1. The van der Waals surface area contributed by atoms with E-state index in [0.29, 0.717) is 18.6 Å². The van der Waals surface area contributed by atoms with E-state index in [1.54, 1.807) is 0 Å². The van der Waals surface area contributed by atoms with E-state index in [9.17, 15) is 22.4 Å². The second kappa shape index (κ2) is 6.17. The molecular weight excluding hydrogens is 302 g/mol. The van der Waals surface area contributed by atoms with Crippen LogP contribution in [0.2, 0.25) is 0 Å². The van der Waals surface area contributed by atoms with E-state index >= 15 is 0 Å². The Labute approximate surface area is 123 Å². The topological polar surface area (TPSA) is 57.8 Å². The summed E-state index contributed by atoms with van der Waals surface area (Å²) in [5, 5.41) is 8.72. The number of nitrogens with one attached hydrogen (secondary N) is 2. The lowest BCUT2D eigenvalue weighted by Crippen LogP contribution is -2.14. The van der Waals surface area contributed by atoms with Crippen molar-refractivity contribution in [1.82, 2.24) is 10.2 Å². The minimum atomic E-state index is -4.83. The Morgan fingerprint density at radius 2 is 2.05 bits per heavy atom. The fourth-order valence-corrected chi connectivity index (χ4v) is 1.89. The predicted molar refractivity (Wildman–Crippen MR) is 71.9 cm³/mol. The standard InChI is InChI=1S/C14H13F4N3O/c1-2-3-9-7-12(21-20-9)13(22)19-8-4-5-11(15)10(6-8)14(16,17)18/h4-7H,2-3H2,1H3,(H,19,22)(H,20,21). The first-order valence-corrected chi connectivity index (χ1v) is 6.53. The summed E-state index contributed by atoms with van der Waals surface area (Å²) in [5.74, 6) is -2.06. The third kappa shape index (κ3) is 3.63. The normalized spacial score (nSPS) is 11.5. The Hall–Kier alpha value is -2.38. The summed E-state index contributed by atoms with van der Waals surface area (Å²) in [4.78, 5) is 11.9. The molecule has 1 aromatic carbocycles. The van der Waals surface area contributed by atoms with Crippen LogP contribution in [0.5, 0.6) is 0 Å². The highest BCUT2D eigenvalue weighted by Gasteiger charge is 2.34. The summed E-state index contributed by atoms with van der Waals surface area (Å²) in [7, 11) is 0. The summed E-state index contributed by atoms with van der Waals surface area (Å²) in [5.41, 5.74) is -0.776. The first-order valence-electron chi connectivity index (χ1n) is 6.53. The second-order valence-corrected chi connectivity index (χ2v) is 4.67. The van der Waals surface area contributed by atoms with Crippen LogP contribution < -0.4 is 5.32 Å². The number of hydrogen-bond donors (Lipinski definition) is 2. The van der Waals surface area contributed by atoms with Gasteiger partial charge in [0.1, 0.15) is 5.82 Å². The molecule has 2 N–H and O–H groups in total. The van der Waals surface area contributed by atoms with E-state index in [1.807, 2.05) is 6.92 Å². The van der Waals surface area contributed by atoms with Crippen LogP contribution in [0.15, 0.2) is 24.3 Å². The lowest BCUT2D eigenvalue weighted by Gasteiger charge is -2.10. The van der Waals surface area contributed by atoms with Gasteiger partial charge in [-0.15, -0.1) is 0 Å². The van der Waals surface area contributed by atoms with Gasteiger partial charge in [0.2, 0.25) is 0 Å². The molecule has 1 amide bonds. The van der Waals surface area contributed by atoms with E-state index in [0.717, 1.165) is 18.2 Å². The van der Waals surface area contributed by atoms with Gasteiger partial charge < -0.3 is 5.32 Å². The molecule has 22 heavy (non-hydrogen) atoms. The molecule has 0 atom stereocenters. The van der Waals surface area contributed by atoms with Crippen LogP contribution in [0.4, 0.5) is 23.2 Å². The van der Waals surface area contributed by atoms with Crippen molar-refractivity contribution in [2.75, 3.05) is 5.32 Å². The number of alkyl halides is 3. The van der Waals surface area contributed by atoms with E-state index in [-0.39, 0.29) is 11.4 Å². The predicted octanol–water partition coefficient (Wildman–Crippen LogP) is 3.77. The number of carbonyl (C=O) groups is 1. The highest BCUT2D eigenvalue weighted by Crippen LogP contribution is 2.33. The molecule has 0 bridgehead atoms. The summed E-state index contributed by atoms with van der Waals surface area (Å²) in [6.45, 7) is 1.96. The SMILES string of the molecule is CCCc1cc(C(=O)Nc2ccc(F)c(C(F)(F)F)c2)n[nH]1. The fraction of sp³-hybridized carbons (Fsp3) is 0.286. The largest absolute Gasteiger partial charge is 0.419 e. The number of hydrogen-bond acceptors (Lipinski definition) is 2. The van der Waals surface area contributed by atoms with E-state index < -0.39 is 23.5 Å². The molecule has 2 aromatic rings. The number of benzene rings is 1. The summed E-state index contributed by atoms with van der Waals surface area (Å²) >= 11 is 0. The maximum atomic E-state index is 13.2. The molecule has 0 aliphatic carbocycles. The number of halogens is 4. The van der Waals surface area contributed by atoms with Crippen molar-refractivity contribution in [3.8, 4) is 0 Å². The van der Waals surface area contributed by atoms with Gasteiger partial charge in [0.05, 0.1) is 5.56 Å². The van der Waals surface area contributed by atoms with Crippen LogP contribution in [0.3, 0.4) is 0 Å². The van der Waals surface area contributed by atoms with Gasteiger partial charge in [-0.2, -0.15) is 18.3 Å². The number of carbonyl (C=O) groups excluding carboxylic acids is 1. The molecule has 2 rings (SSSR count). The van der Waals surface area contributed by atoms with Crippen molar-refractivity contribution in [2.24, 2.45) is 0 Å². The molecule has 118 valence electrons. The summed E-state index contributed by atoms with van der Waals surface area (Å²) in [6.07, 6.45) is -3.27. The second-order valence-electron chi connectivity index (χ2n) is 4.67. The lowest BCUT2D eigenvalue weighted by molar-refractivity contribution is -0.139. The third-order valence-electron chi connectivity index (χ3n) is 2.91. The molecule has 0 radical (unpaired) electrons. The molecule has 1 heterocycles. The maximum absolute atomic E-state index is 13.2. The molecule has 0 saturated heterocycles. The number of aromatic nitrogens is 2. The molecule has 0 spiro atoms. The van der Waals surface area contributed by atoms with Gasteiger partial charge in [0.25, 0.3) is 5.91 Å². The number of rotatable bonds is 4. The lowest BCUT2D eigenvalue weighted by atomic mass is 10.1. The average Bonchev–Trinajstić information content (AvgIpc) is 2.89. The highest BCUT2D eigenvalue weighted by molar-refractivity contribution is 6.02. The van der Waals surface area contributed by atoms with Gasteiger partial charge in [-0.25, -0.2) is 4.39 Å². The molecule has 1 aromatic heterocycles. The highest BCUT2D eigenvalue weighted by atomic mass is 19.4. The first-order chi connectivity index (χ1) is 10.3. The van der Waals surface area contributed by atoms with Crippen LogP contribution in [0.1, 0.15) is 35.1 Å². The molecule has 0 saturated carbocycles. The van der Waals surface area contributed by atoms with Crippen LogP contribution in [0, 0.1) is 5.82 Å².